The summed E-state index contributed by atoms with van der Waals surface area (Å²) in [6, 6.07) is 0.212. The molecule has 5 heteroatoms. The third kappa shape index (κ3) is 1.46. The quantitative estimate of drug-likeness (QED) is 0.649. The van der Waals surface area contributed by atoms with Crippen LogP contribution in [0.4, 0.5) is 0 Å². The third-order valence-corrected chi connectivity index (χ3v) is 2.17. The molecule has 66 valence electrons. The molecule has 0 aromatic carbocycles. The highest BCUT2D eigenvalue weighted by Crippen LogP contribution is 2.19. The van der Waals surface area contributed by atoms with Crippen molar-refractivity contribution in [1.82, 2.24) is 15.5 Å². The molecule has 1 saturated carbocycles. The fourth-order valence-electron chi connectivity index (χ4n) is 1.21. The second kappa shape index (κ2) is 3.20. The monoisotopic (exact) mass is 169 g/mol. The van der Waals surface area contributed by atoms with E-state index < -0.39 is 0 Å². The van der Waals surface area contributed by atoms with E-state index in [1.165, 1.54) is 6.39 Å². The lowest BCUT2D eigenvalue weighted by molar-refractivity contribution is 0.0488. The maximum absolute atomic E-state index is 9.21. The summed E-state index contributed by atoms with van der Waals surface area (Å²) in [5, 5.41) is 16.0. The fraction of sp³-hybridized carbons (Fsp3) is 0.714. The Morgan fingerprint density at radius 1 is 1.67 bits per heavy atom. The van der Waals surface area contributed by atoms with Gasteiger partial charge in [0.2, 0.25) is 6.39 Å². The average molecular weight is 169 g/mol. The molecule has 1 aromatic heterocycles. The number of aliphatic hydroxyl groups excluding tert-OH is 1. The molecule has 0 spiro atoms. The zero-order chi connectivity index (χ0) is 8.39. The predicted octanol–water partition coefficient (Wildman–Crippen LogP) is -0.318. The minimum absolute atomic E-state index is 0.197. The lowest BCUT2D eigenvalue weighted by Crippen LogP contribution is -2.47. The van der Waals surface area contributed by atoms with Gasteiger partial charge in [-0.2, -0.15) is 4.98 Å². The molecule has 0 bridgehead atoms. The molecule has 5 nitrogen and oxygen atoms in total. The second-order valence-corrected chi connectivity index (χ2v) is 2.98. The molecule has 0 saturated heterocycles. The van der Waals surface area contributed by atoms with Gasteiger partial charge in [0.1, 0.15) is 0 Å². The van der Waals surface area contributed by atoms with Crippen molar-refractivity contribution in [3.8, 4) is 0 Å². The van der Waals surface area contributed by atoms with Crippen molar-refractivity contribution < 1.29 is 9.63 Å². The summed E-state index contributed by atoms with van der Waals surface area (Å²) < 4.78 is 4.56. The van der Waals surface area contributed by atoms with E-state index in [0.717, 1.165) is 12.8 Å². The van der Waals surface area contributed by atoms with Crippen molar-refractivity contribution >= 4 is 0 Å². The summed E-state index contributed by atoms with van der Waals surface area (Å²) in [5.41, 5.74) is 0. The van der Waals surface area contributed by atoms with Gasteiger partial charge in [0.05, 0.1) is 12.6 Å². The van der Waals surface area contributed by atoms with Crippen molar-refractivity contribution in [3.05, 3.63) is 12.2 Å². The van der Waals surface area contributed by atoms with E-state index in [1.54, 1.807) is 0 Å². The van der Waals surface area contributed by atoms with Crippen LogP contribution < -0.4 is 5.32 Å². The van der Waals surface area contributed by atoms with Gasteiger partial charge >= 0.3 is 0 Å². The Morgan fingerprint density at radius 2 is 2.58 bits per heavy atom. The molecule has 2 atom stereocenters. The Kier molecular flexibility index (Phi) is 2.05. The summed E-state index contributed by atoms with van der Waals surface area (Å²) >= 11 is 0. The molecule has 1 aromatic rings. The minimum Gasteiger partial charge on any atom is -0.392 e. The van der Waals surface area contributed by atoms with E-state index in [-0.39, 0.29) is 12.1 Å². The second-order valence-electron chi connectivity index (χ2n) is 2.98. The van der Waals surface area contributed by atoms with E-state index in [1.807, 2.05) is 0 Å². The Balaban J connectivity index is 1.75. The van der Waals surface area contributed by atoms with Gasteiger partial charge < -0.3 is 14.9 Å². The third-order valence-electron chi connectivity index (χ3n) is 2.17. The molecule has 0 aliphatic heterocycles. The van der Waals surface area contributed by atoms with Crippen molar-refractivity contribution in [2.75, 3.05) is 0 Å². The van der Waals surface area contributed by atoms with E-state index in [9.17, 15) is 5.11 Å². The highest BCUT2D eigenvalue weighted by atomic mass is 16.5. The van der Waals surface area contributed by atoms with E-state index in [2.05, 4.69) is 20.0 Å². The molecule has 1 heterocycles. The van der Waals surface area contributed by atoms with Gasteiger partial charge in [-0.05, 0) is 12.8 Å². The predicted molar refractivity (Wildman–Crippen MR) is 40.2 cm³/mol. The van der Waals surface area contributed by atoms with E-state index >= 15 is 0 Å². The molecular weight excluding hydrogens is 158 g/mol. The molecule has 2 N–H and O–H groups in total. The van der Waals surface area contributed by atoms with Crippen molar-refractivity contribution in [2.45, 2.75) is 31.5 Å². The van der Waals surface area contributed by atoms with Crippen LogP contribution in [0.5, 0.6) is 0 Å². The molecule has 1 fully saturated rings. The lowest BCUT2D eigenvalue weighted by atomic mass is 9.89. The summed E-state index contributed by atoms with van der Waals surface area (Å²) in [5.74, 6) is 0.633. The number of nitrogens with one attached hydrogen (secondary N) is 1. The highest BCUT2D eigenvalue weighted by molar-refractivity contribution is 4.88. The zero-order valence-electron chi connectivity index (χ0n) is 6.60. The van der Waals surface area contributed by atoms with Gasteiger partial charge in [-0.1, -0.05) is 5.16 Å². The van der Waals surface area contributed by atoms with Gasteiger partial charge in [0.25, 0.3) is 0 Å². The summed E-state index contributed by atoms with van der Waals surface area (Å²) in [6.45, 7) is 0.568. The van der Waals surface area contributed by atoms with Crippen LogP contribution in [0, 0.1) is 0 Å². The molecular formula is C7H11N3O2. The van der Waals surface area contributed by atoms with Crippen molar-refractivity contribution in [2.24, 2.45) is 0 Å². The molecule has 0 amide bonds. The van der Waals surface area contributed by atoms with Crippen molar-refractivity contribution in [1.29, 1.82) is 0 Å². The molecule has 12 heavy (non-hydrogen) atoms. The number of nitrogens with zero attached hydrogens (tertiary/aromatic N) is 2. The SMILES string of the molecule is OC1CCC1NCc1ncon1. The summed E-state index contributed by atoms with van der Waals surface area (Å²) in [6.07, 6.45) is 3.02. The molecule has 1 aliphatic rings. The van der Waals surface area contributed by atoms with Gasteiger partial charge in [-0.15, -0.1) is 0 Å². The molecule has 2 unspecified atom stereocenters. The van der Waals surface area contributed by atoms with Crippen LogP contribution in [0.2, 0.25) is 0 Å². The lowest BCUT2D eigenvalue weighted by Gasteiger charge is -2.32. The van der Waals surface area contributed by atoms with Crippen LogP contribution in [0.3, 0.4) is 0 Å². The van der Waals surface area contributed by atoms with Gasteiger partial charge in [-0.25, -0.2) is 0 Å². The molecule has 1 aliphatic carbocycles. The first kappa shape index (κ1) is 7.70. The normalized spacial score (nSPS) is 28.4. The van der Waals surface area contributed by atoms with Crippen LogP contribution in [0.25, 0.3) is 0 Å². The molecule has 2 rings (SSSR count). The highest BCUT2D eigenvalue weighted by Gasteiger charge is 2.28. The first-order valence-electron chi connectivity index (χ1n) is 4.03. The minimum atomic E-state index is -0.197. The summed E-state index contributed by atoms with van der Waals surface area (Å²) in [4.78, 5) is 3.85. The maximum Gasteiger partial charge on any atom is 0.213 e. The average Bonchev–Trinajstić information content (AvgIpc) is 2.54. The smallest absolute Gasteiger partial charge is 0.213 e. The van der Waals surface area contributed by atoms with Gasteiger partial charge in [0.15, 0.2) is 5.82 Å². The Bertz CT molecular complexity index is 237. The van der Waals surface area contributed by atoms with Gasteiger partial charge in [0, 0.05) is 6.04 Å². The Morgan fingerprint density at radius 3 is 3.08 bits per heavy atom. The molecule has 0 radical (unpaired) electrons. The Hall–Kier alpha value is -0.940. The van der Waals surface area contributed by atoms with Crippen LogP contribution >= 0.6 is 0 Å². The van der Waals surface area contributed by atoms with E-state index in [4.69, 9.17) is 0 Å². The number of aliphatic hydroxyl groups is 1. The standard InChI is InChI=1S/C7H11N3O2/c11-6-2-1-5(6)8-3-7-9-4-12-10-7/h4-6,8,11H,1-3H2. The topological polar surface area (TPSA) is 71.2 Å². The Labute approximate surface area is 69.8 Å². The maximum atomic E-state index is 9.21. The fourth-order valence-corrected chi connectivity index (χ4v) is 1.21. The van der Waals surface area contributed by atoms with Crippen LogP contribution in [0.15, 0.2) is 10.9 Å². The first-order chi connectivity index (χ1) is 5.86. The number of hydrogen-bond donors (Lipinski definition) is 2. The van der Waals surface area contributed by atoms with Crippen molar-refractivity contribution in [3.63, 3.8) is 0 Å². The van der Waals surface area contributed by atoms with Crippen LogP contribution in [-0.2, 0) is 6.54 Å². The zero-order valence-corrected chi connectivity index (χ0v) is 6.60. The summed E-state index contributed by atoms with van der Waals surface area (Å²) in [7, 11) is 0. The van der Waals surface area contributed by atoms with E-state index in [0.29, 0.717) is 12.4 Å². The first-order valence-corrected chi connectivity index (χ1v) is 4.03. The van der Waals surface area contributed by atoms with Crippen LogP contribution in [0.1, 0.15) is 18.7 Å². The number of rotatable bonds is 3. The number of hydrogen-bond acceptors (Lipinski definition) is 5. The number of aromatic nitrogens is 2. The van der Waals surface area contributed by atoms with Gasteiger partial charge in [-0.3, -0.25) is 0 Å². The largest absolute Gasteiger partial charge is 0.392 e. The van der Waals surface area contributed by atoms with Crippen LogP contribution in [-0.4, -0.2) is 27.4 Å².